The van der Waals surface area contributed by atoms with Gasteiger partial charge in [-0.2, -0.15) is 13.5 Å². The van der Waals surface area contributed by atoms with Gasteiger partial charge in [0, 0.05) is 10.8 Å². The zero-order chi connectivity index (χ0) is 20.3. The van der Waals surface area contributed by atoms with Crippen molar-refractivity contribution in [1.82, 2.24) is 0 Å². The number of hydrogen-bond donors (Lipinski definition) is 2. The van der Waals surface area contributed by atoms with Gasteiger partial charge in [0.15, 0.2) is 0 Å². The first-order valence-electron chi connectivity index (χ1n) is 8.29. The predicted molar refractivity (Wildman–Crippen MR) is 112 cm³/mol. The summed E-state index contributed by atoms with van der Waals surface area (Å²) in [4.78, 5) is 11.4. The van der Waals surface area contributed by atoms with Gasteiger partial charge in [-0.05, 0) is 37.3 Å². The standard InChI is InChI=1S/C19H17N3O5S.Na.H/c1-2-27-19(23)12-7-9-13(10-8-12)21-22-16-11-17(28(24,25)26)14-5-3-4-6-15(14)18(16)20;;/h3-11H,2,20H2,1H3,(H,24,25,26);;. The fraction of sp³-hybridized carbons (Fsp3) is 0.105. The van der Waals surface area contributed by atoms with E-state index in [1.54, 1.807) is 55.5 Å². The number of hydrogen-bond acceptors (Lipinski definition) is 7. The van der Waals surface area contributed by atoms with Crippen molar-refractivity contribution in [2.24, 2.45) is 10.2 Å². The quantitative estimate of drug-likeness (QED) is 0.212. The molecule has 0 fully saturated rings. The van der Waals surface area contributed by atoms with Gasteiger partial charge in [-0.25, -0.2) is 4.79 Å². The molecule has 3 aromatic rings. The van der Waals surface area contributed by atoms with E-state index >= 15 is 0 Å². The fourth-order valence-corrected chi connectivity index (χ4v) is 3.35. The number of nitrogens with two attached hydrogens (primary N) is 1. The summed E-state index contributed by atoms with van der Waals surface area (Å²) >= 11 is 0. The molecule has 3 aromatic carbocycles. The Morgan fingerprint density at radius 1 is 1.07 bits per heavy atom. The van der Waals surface area contributed by atoms with Crippen molar-refractivity contribution < 1.29 is 22.5 Å². The Morgan fingerprint density at radius 2 is 1.69 bits per heavy atom. The Labute approximate surface area is 189 Å². The van der Waals surface area contributed by atoms with E-state index in [-0.39, 0.29) is 52.4 Å². The molecule has 0 spiro atoms. The van der Waals surface area contributed by atoms with Crippen LogP contribution in [0.5, 0.6) is 0 Å². The van der Waals surface area contributed by atoms with Crippen molar-refractivity contribution in [1.29, 1.82) is 0 Å². The molecule has 8 nitrogen and oxygen atoms in total. The number of azo groups is 1. The van der Waals surface area contributed by atoms with E-state index in [4.69, 9.17) is 10.5 Å². The predicted octanol–water partition coefficient (Wildman–Crippen LogP) is 3.61. The minimum atomic E-state index is -4.48. The van der Waals surface area contributed by atoms with Gasteiger partial charge in [0.2, 0.25) is 0 Å². The first-order chi connectivity index (χ1) is 13.3. The van der Waals surface area contributed by atoms with E-state index in [0.717, 1.165) is 0 Å². The first kappa shape index (κ1) is 23.0. The third-order valence-corrected chi connectivity index (χ3v) is 4.85. The van der Waals surface area contributed by atoms with Crippen LogP contribution in [0.4, 0.5) is 17.1 Å². The topological polar surface area (TPSA) is 131 Å². The fourth-order valence-electron chi connectivity index (χ4n) is 2.64. The molecule has 0 radical (unpaired) electrons. The summed E-state index contributed by atoms with van der Waals surface area (Å²) in [5, 5.41) is 8.78. The number of carbonyl (C=O) groups is 1. The molecule has 0 saturated carbocycles. The van der Waals surface area contributed by atoms with E-state index in [9.17, 15) is 17.8 Å². The Morgan fingerprint density at radius 3 is 2.28 bits per heavy atom. The van der Waals surface area contributed by atoms with Crippen LogP contribution in [0.3, 0.4) is 0 Å². The molecule has 0 atom stereocenters. The number of rotatable bonds is 5. The normalized spacial score (nSPS) is 11.4. The molecule has 3 N–H and O–H groups in total. The molecule has 0 aliphatic heterocycles. The number of ether oxygens (including phenoxy) is 1. The van der Waals surface area contributed by atoms with E-state index in [0.29, 0.717) is 22.0 Å². The number of anilines is 1. The number of nitrogens with zero attached hydrogens (tertiary/aromatic N) is 2. The van der Waals surface area contributed by atoms with Crippen LogP contribution in [-0.4, -0.2) is 55.1 Å². The van der Waals surface area contributed by atoms with Crippen molar-refractivity contribution in [3.63, 3.8) is 0 Å². The summed E-state index contributed by atoms with van der Waals surface area (Å²) in [5.41, 5.74) is 7.23. The molecule has 0 heterocycles. The van der Waals surface area contributed by atoms with Crippen LogP contribution < -0.4 is 5.73 Å². The number of benzene rings is 3. The molecular formula is C19H18N3NaO5S. The zero-order valence-corrected chi connectivity index (χ0v) is 15.7. The Kier molecular flexibility index (Phi) is 7.50. The van der Waals surface area contributed by atoms with Gasteiger partial charge in [0.25, 0.3) is 10.1 Å². The van der Waals surface area contributed by atoms with Crippen LogP contribution in [-0.2, 0) is 14.9 Å². The van der Waals surface area contributed by atoms with Crippen LogP contribution in [0, 0.1) is 0 Å². The number of esters is 1. The summed E-state index contributed by atoms with van der Waals surface area (Å²) in [7, 11) is -4.48. The second-order valence-corrected chi connectivity index (χ2v) is 7.19. The van der Waals surface area contributed by atoms with Crippen molar-refractivity contribution >= 4 is 73.5 Å². The third kappa shape index (κ3) is 5.20. The summed E-state index contributed by atoms with van der Waals surface area (Å²) in [6, 6.07) is 13.9. The van der Waals surface area contributed by atoms with Crippen LogP contribution >= 0.6 is 0 Å². The second kappa shape index (κ2) is 9.47. The molecule has 0 aliphatic rings. The average Bonchev–Trinajstić information content (AvgIpc) is 2.67. The number of fused-ring (bicyclic) bond motifs is 1. The first-order valence-corrected chi connectivity index (χ1v) is 9.73. The monoisotopic (exact) mass is 423 g/mol. The third-order valence-electron chi connectivity index (χ3n) is 3.96. The number of carbonyl (C=O) groups excluding carboxylic acids is 1. The summed E-state index contributed by atoms with van der Waals surface area (Å²) in [6.07, 6.45) is 0. The van der Waals surface area contributed by atoms with E-state index < -0.39 is 16.1 Å². The van der Waals surface area contributed by atoms with Crippen LogP contribution in [0.1, 0.15) is 17.3 Å². The van der Waals surface area contributed by atoms with Gasteiger partial charge in [-0.3, -0.25) is 4.55 Å². The maximum atomic E-state index is 11.7. The zero-order valence-electron chi connectivity index (χ0n) is 14.9. The van der Waals surface area contributed by atoms with Crippen LogP contribution in [0.25, 0.3) is 10.8 Å². The second-order valence-electron chi connectivity index (χ2n) is 5.80. The summed E-state index contributed by atoms with van der Waals surface area (Å²) in [5.74, 6) is -0.442. The molecule has 0 aliphatic carbocycles. The maximum absolute atomic E-state index is 11.7. The molecule has 0 saturated heterocycles. The van der Waals surface area contributed by atoms with Crippen molar-refractivity contribution in [2.45, 2.75) is 11.8 Å². The van der Waals surface area contributed by atoms with Crippen molar-refractivity contribution in [3.8, 4) is 0 Å². The summed E-state index contributed by atoms with van der Waals surface area (Å²) in [6.45, 7) is 1.99. The van der Waals surface area contributed by atoms with E-state index in [1.807, 2.05) is 0 Å². The van der Waals surface area contributed by atoms with E-state index in [2.05, 4.69) is 10.2 Å². The van der Waals surface area contributed by atoms with Gasteiger partial charge in [-0.1, -0.05) is 24.3 Å². The summed E-state index contributed by atoms with van der Waals surface area (Å²) < 4.78 is 37.9. The SMILES string of the molecule is CCOC(=O)c1ccc(N=Nc2cc(S(=O)(=O)O)c3ccccc3c2N)cc1.[NaH]. The minimum absolute atomic E-state index is 0. The molecule has 146 valence electrons. The van der Waals surface area contributed by atoms with Crippen LogP contribution in [0.15, 0.2) is 69.7 Å². The molecule has 0 amide bonds. The molecule has 0 bridgehead atoms. The Hall–Kier alpha value is -2.30. The molecule has 0 unspecified atom stereocenters. The van der Waals surface area contributed by atoms with Crippen molar-refractivity contribution in [2.75, 3.05) is 12.3 Å². The van der Waals surface area contributed by atoms with Gasteiger partial charge in [-0.15, -0.1) is 5.11 Å². The van der Waals surface area contributed by atoms with Gasteiger partial charge < -0.3 is 10.5 Å². The van der Waals surface area contributed by atoms with Crippen LogP contribution in [0.2, 0.25) is 0 Å². The molecule has 0 aromatic heterocycles. The van der Waals surface area contributed by atoms with E-state index in [1.165, 1.54) is 6.07 Å². The number of nitrogen functional groups attached to an aromatic ring is 1. The van der Waals surface area contributed by atoms with Crippen molar-refractivity contribution in [3.05, 3.63) is 60.2 Å². The Balaban J connectivity index is 0.00000300. The molecule has 10 heteroatoms. The average molecular weight is 423 g/mol. The molecule has 3 rings (SSSR count). The Bertz CT molecular complexity index is 1180. The molecule has 29 heavy (non-hydrogen) atoms. The van der Waals surface area contributed by atoms with Gasteiger partial charge >= 0.3 is 35.5 Å². The molecular weight excluding hydrogens is 405 g/mol. The van der Waals surface area contributed by atoms with Gasteiger partial charge in [0.05, 0.1) is 23.5 Å². The van der Waals surface area contributed by atoms with Gasteiger partial charge in [0.1, 0.15) is 10.6 Å².